The number of rotatable bonds is 4. The Morgan fingerprint density at radius 1 is 1.56 bits per heavy atom. The van der Waals surface area contributed by atoms with Gasteiger partial charge in [0.25, 0.3) is 0 Å². The molecule has 1 saturated carbocycles. The molecule has 0 spiro atoms. The maximum Gasteiger partial charge on any atom is 1.00 e. The van der Waals surface area contributed by atoms with Crippen molar-refractivity contribution in [2.24, 2.45) is 5.16 Å². The fraction of sp³-hybridized carbons (Fsp3) is 0.875. The molecule has 0 saturated heterocycles. The molecule has 1 fully saturated rings. The van der Waals surface area contributed by atoms with Gasteiger partial charge in [-0.1, -0.05) is 11.6 Å². The van der Waals surface area contributed by atoms with Crippen molar-refractivity contribution in [3.8, 4) is 0 Å². The summed E-state index contributed by atoms with van der Waals surface area (Å²) in [6.45, 7) is 2.28. The Bertz CT molecular complexity index is 331. The second kappa shape index (κ2) is 7.94. The van der Waals surface area contributed by atoms with E-state index in [0.29, 0.717) is 17.4 Å². The minimum Gasteiger partial charge on any atom is -0.396 e. The standard InChI is InChI=1S/C8H15NO4S2.Na/c1-2-13-9-7-5-3-4-6-8(7)14-15(10,11)12;/h8H,2-6H2,1H3,(H,10,11,12);/q;+1/b9-7+;. The largest absolute Gasteiger partial charge is 1.00 e. The van der Waals surface area contributed by atoms with Gasteiger partial charge in [-0.2, -0.15) is 8.42 Å². The molecule has 0 radical (unpaired) electrons. The van der Waals surface area contributed by atoms with Crippen molar-refractivity contribution in [1.29, 1.82) is 0 Å². The summed E-state index contributed by atoms with van der Waals surface area (Å²) in [5.41, 5.74) is 0.728. The molecule has 1 aliphatic rings. The summed E-state index contributed by atoms with van der Waals surface area (Å²) in [5, 5.41) is 3.62. The third-order valence-corrected chi connectivity index (χ3v) is 4.48. The third kappa shape index (κ3) is 6.46. The average molecular weight is 276 g/mol. The van der Waals surface area contributed by atoms with Crippen molar-refractivity contribution in [2.75, 3.05) is 6.61 Å². The van der Waals surface area contributed by atoms with Crippen LogP contribution in [0.5, 0.6) is 0 Å². The van der Waals surface area contributed by atoms with Crippen LogP contribution < -0.4 is 29.6 Å². The van der Waals surface area contributed by atoms with Crippen LogP contribution in [-0.2, 0) is 14.0 Å². The maximum atomic E-state index is 10.7. The molecule has 1 aliphatic carbocycles. The Labute approximate surface area is 122 Å². The Balaban J connectivity index is 0.00000225. The van der Waals surface area contributed by atoms with Gasteiger partial charge in [-0.25, -0.2) is 0 Å². The number of oxime groups is 1. The van der Waals surface area contributed by atoms with Gasteiger partial charge >= 0.3 is 38.7 Å². The summed E-state index contributed by atoms with van der Waals surface area (Å²) >= 11 is 0. The zero-order chi connectivity index (χ0) is 11.3. The normalized spacial score (nSPS) is 23.9. The van der Waals surface area contributed by atoms with Crippen molar-refractivity contribution in [1.82, 2.24) is 0 Å². The maximum absolute atomic E-state index is 10.7. The van der Waals surface area contributed by atoms with Crippen molar-refractivity contribution in [3.63, 3.8) is 0 Å². The summed E-state index contributed by atoms with van der Waals surface area (Å²) in [5.74, 6) is 0. The van der Waals surface area contributed by atoms with Gasteiger partial charge in [0.2, 0.25) is 0 Å². The second-order valence-corrected chi connectivity index (χ2v) is 6.72. The molecular weight excluding hydrogens is 261 g/mol. The number of hydrogen-bond donors (Lipinski definition) is 1. The minimum absolute atomic E-state index is 0. The molecule has 8 heteroatoms. The molecular formula is C8H15NNaO4S2+. The SMILES string of the molecule is CCO/N=C1\CCCCC1SS(=O)(=O)O.[Na+]. The molecule has 0 amide bonds. The van der Waals surface area contributed by atoms with Gasteiger partial charge in [0.1, 0.15) is 6.61 Å². The molecule has 0 bridgehead atoms. The molecule has 0 aliphatic heterocycles. The van der Waals surface area contributed by atoms with Crippen LogP contribution in [0.1, 0.15) is 32.6 Å². The average Bonchev–Trinajstić information content (AvgIpc) is 2.14. The van der Waals surface area contributed by atoms with Gasteiger partial charge in [-0.3, -0.25) is 4.55 Å². The summed E-state index contributed by atoms with van der Waals surface area (Å²) in [6, 6.07) is 0. The molecule has 16 heavy (non-hydrogen) atoms. The van der Waals surface area contributed by atoms with E-state index in [1.807, 2.05) is 6.92 Å². The van der Waals surface area contributed by atoms with E-state index in [9.17, 15) is 8.42 Å². The zero-order valence-corrected chi connectivity index (χ0v) is 13.2. The van der Waals surface area contributed by atoms with Crippen LogP contribution in [0, 0.1) is 0 Å². The molecule has 0 heterocycles. The van der Waals surface area contributed by atoms with Crippen LogP contribution >= 0.6 is 10.8 Å². The Kier molecular flexibility index (Phi) is 8.30. The van der Waals surface area contributed by atoms with Gasteiger partial charge in [-0.15, -0.1) is 0 Å². The molecule has 0 aromatic rings. The predicted octanol–water partition coefficient (Wildman–Crippen LogP) is -1.14. The molecule has 5 nitrogen and oxygen atoms in total. The van der Waals surface area contributed by atoms with E-state index in [2.05, 4.69) is 5.16 Å². The van der Waals surface area contributed by atoms with Crippen LogP contribution in [0.4, 0.5) is 0 Å². The first-order chi connectivity index (χ1) is 7.03. The van der Waals surface area contributed by atoms with Crippen molar-refractivity contribution in [2.45, 2.75) is 37.9 Å². The van der Waals surface area contributed by atoms with E-state index < -0.39 is 9.15 Å². The Morgan fingerprint density at radius 3 is 2.81 bits per heavy atom. The number of hydrogen-bond acceptors (Lipinski definition) is 5. The molecule has 1 N–H and O–H groups in total. The van der Waals surface area contributed by atoms with Crippen LogP contribution in [0.15, 0.2) is 5.16 Å². The van der Waals surface area contributed by atoms with Crippen molar-refractivity contribution >= 4 is 25.7 Å². The molecule has 88 valence electrons. The predicted molar refractivity (Wildman–Crippen MR) is 60.5 cm³/mol. The molecule has 1 unspecified atom stereocenters. The Hall–Kier alpha value is 0.730. The summed E-state index contributed by atoms with van der Waals surface area (Å²) < 4.78 is 30.2. The van der Waals surface area contributed by atoms with E-state index >= 15 is 0 Å². The van der Waals surface area contributed by atoms with Crippen molar-refractivity contribution < 1.29 is 47.4 Å². The van der Waals surface area contributed by atoms with Gasteiger partial charge in [-0.05, 0) is 26.2 Å². The second-order valence-electron chi connectivity index (χ2n) is 3.26. The van der Waals surface area contributed by atoms with E-state index in [4.69, 9.17) is 9.39 Å². The monoisotopic (exact) mass is 276 g/mol. The van der Waals surface area contributed by atoms with E-state index in [0.717, 1.165) is 31.4 Å². The van der Waals surface area contributed by atoms with Gasteiger partial charge in [0.15, 0.2) is 0 Å². The topological polar surface area (TPSA) is 76.0 Å². The van der Waals surface area contributed by atoms with Crippen molar-refractivity contribution in [3.05, 3.63) is 0 Å². The number of nitrogens with zero attached hydrogens (tertiary/aromatic N) is 1. The van der Waals surface area contributed by atoms with E-state index in [1.54, 1.807) is 0 Å². The first-order valence-electron chi connectivity index (χ1n) is 4.87. The quantitative estimate of drug-likeness (QED) is 0.304. The zero-order valence-electron chi connectivity index (χ0n) is 9.55. The van der Waals surface area contributed by atoms with E-state index in [-0.39, 0.29) is 34.8 Å². The fourth-order valence-corrected chi connectivity index (χ4v) is 3.80. The van der Waals surface area contributed by atoms with E-state index in [1.165, 1.54) is 0 Å². The molecule has 0 aromatic heterocycles. The smallest absolute Gasteiger partial charge is 0.396 e. The summed E-state index contributed by atoms with van der Waals surface area (Å²) in [7, 11) is -3.45. The minimum atomic E-state index is -4.00. The van der Waals surface area contributed by atoms with Crippen LogP contribution in [0.2, 0.25) is 0 Å². The first kappa shape index (κ1) is 16.7. The van der Waals surface area contributed by atoms with Crippen LogP contribution in [0.3, 0.4) is 0 Å². The molecule has 1 rings (SSSR count). The summed E-state index contributed by atoms with van der Waals surface area (Å²) in [4.78, 5) is 4.92. The fourth-order valence-electron chi connectivity index (χ4n) is 1.47. The van der Waals surface area contributed by atoms with Gasteiger partial charge < -0.3 is 4.84 Å². The molecule has 1 atom stereocenters. The van der Waals surface area contributed by atoms with Crippen LogP contribution in [0.25, 0.3) is 0 Å². The van der Waals surface area contributed by atoms with Crippen LogP contribution in [-0.4, -0.2) is 30.5 Å². The first-order valence-corrected chi connectivity index (χ1v) is 7.71. The Morgan fingerprint density at radius 2 is 2.25 bits per heavy atom. The summed E-state index contributed by atoms with van der Waals surface area (Å²) in [6.07, 6.45) is 3.41. The molecule has 0 aromatic carbocycles. The van der Waals surface area contributed by atoms with Gasteiger partial charge in [0, 0.05) is 10.8 Å². The van der Waals surface area contributed by atoms with Gasteiger partial charge in [0.05, 0.1) is 11.0 Å². The third-order valence-electron chi connectivity index (χ3n) is 2.07.